The van der Waals surface area contributed by atoms with Gasteiger partial charge >= 0.3 is 5.97 Å². The van der Waals surface area contributed by atoms with Crippen LogP contribution >= 0.6 is 0 Å². The van der Waals surface area contributed by atoms with E-state index in [-0.39, 0.29) is 18.5 Å². The Hall–Kier alpha value is -2.18. The summed E-state index contributed by atoms with van der Waals surface area (Å²) in [6.45, 7) is 4.92. The van der Waals surface area contributed by atoms with Gasteiger partial charge in [-0.05, 0) is 89.9 Å². The monoisotopic (exact) mass is 1140 g/mol. The van der Waals surface area contributed by atoms with Crippen molar-refractivity contribution in [2.75, 3.05) is 13.2 Å². The summed E-state index contributed by atoms with van der Waals surface area (Å²) in [5.41, 5.74) is 0. The van der Waals surface area contributed by atoms with E-state index in [4.69, 9.17) is 4.74 Å². The van der Waals surface area contributed by atoms with E-state index in [9.17, 15) is 19.8 Å². The van der Waals surface area contributed by atoms with E-state index in [1.165, 1.54) is 315 Å². The molecule has 0 spiro atoms. The fraction of sp³-hybridized carbons (Fsp3) is 0.867. The molecular formula is C75H141NO5. The van der Waals surface area contributed by atoms with Gasteiger partial charge in [-0.1, -0.05) is 339 Å². The maximum atomic E-state index is 12.5. The van der Waals surface area contributed by atoms with Crippen LogP contribution in [0.2, 0.25) is 0 Å². The van der Waals surface area contributed by atoms with Crippen LogP contribution in [-0.4, -0.2) is 47.4 Å². The predicted octanol–water partition coefficient (Wildman–Crippen LogP) is 23.6. The van der Waals surface area contributed by atoms with Crippen LogP contribution in [0.1, 0.15) is 393 Å². The Morgan fingerprint density at radius 3 is 0.951 bits per heavy atom. The van der Waals surface area contributed by atoms with Gasteiger partial charge in [-0.2, -0.15) is 0 Å². The third kappa shape index (κ3) is 66.8. The zero-order chi connectivity index (χ0) is 58.5. The number of amides is 1. The summed E-state index contributed by atoms with van der Waals surface area (Å²) in [5.74, 6) is -0.0554. The second-order valence-corrected chi connectivity index (χ2v) is 24.9. The number of hydrogen-bond acceptors (Lipinski definition) is 5. The van der Waals surface area contributed by atoms with Crippen LogP contribution in [0.5, 0.6) is 0 Å². The molecule has 2 unspecified atom stereocenters. The van der Waals surface area contributed by atoms with Gasteiger partial charge in [-0.15, -0.1) is 0 Å². The number of allylic oxidation sites excluding steroid dienone is 7. The molecule has 2 atom stereocenters. The standard InChI is InChI=1S/C75H141NO5/c1-3-5-7-9-11-13-15-17-19-20-37-41-45-49-53-57-61-65-69-75(80)81-70-66-62-58-54-50-46-42-38-35-33-31-29-27-25-23-21-22-24-26-28-30-32-34-36-40-44-48-52-56-60-64-68-74(79)76-72(71-77)73(78)67-63-59-55-51-47-43-39-18-16-14-12-10-8-6-4-2/h19-20,23,25,29,31,63,67,72-73,77-78H,3-18,21-22,24,26-28,30,32-62,64-66,68-71H2,1-2H3,(H,76,79)/b20-19-,25-23-,31-29-,67-63+. The van der Waals surface area contributed by atoms with Gasteiger partial charge in [0.05, 0.1) is 25.4 Å². The van der Waals surface area contributed by atoms with Crippen molar-refractivity contribution >= 4 is 11.9 Å². The minimum absolute atomic E-state index is 0.0102. The van der Waals surface area contributed by atoms with E-state index in [0.29, 0.717) is 19.4 Å². The number of carbonyl (C=O) groups excluding carboxylic acids is 2. The molecule has 0 radical (unpaired) electrons. The molecule has 0 aliphatic heterocycles. The molecule has 0 aliphatic carbocycles. The zero-order valence-electron chi connectivity index (χ0n) is 54.5. The van der Waals surface area contributed by atoms with Crippen molar-refractivity contribution in [3.63, 3.8) is 0 Å². The third-order valence-electron chi connectivity index (χ3n) is 16.8. The number of aliphatic hydroxyl groups excluding tert-OH is 2. The lowest BCUT2D eigenvalue weighted by Crippen LogP contribution is -2.45. The van der Waals surface area contributed by atoms with E-state index >= 15 is 0 Å². The first-order chi connectivity index (χ1) is 40.0. The first kappa shape index (κ1) is 78.8. The van der Waals surface area contributed by atoms with Crippen LogP contribution in [0.4, 0.5) is 0 Å². The predicted molar refractivity (Wildman–Crippen MR) is 356 cm³/mol. The van der Waals surface area contributed by atoms with Gasteiger partial charge in [0.25, 0.3) is 0 Å². The number of hydrogen-bond donors (Lipinski definition) is 3. The number of carbonyl (C=O) groups is 2. The Bertz CT molecular complexity index is 1360. The van der Waals surface area contributed by atoms with Crippen molar-refractivity contribution in [1.29, 1.82) is 0 Å². The molecule has 476 valence electrons. The molecule has 0 rings (SSSR count). The highest BCUT2D eigenvalue weighted by Crippen LogP contribution is 2.18. The van der Waals surface area contributed by atoms with Crippen molar-refractivity contribution in [2.24, 2.45) is 0 Å². The molecule has 0 aromatic carbocycles. The number of aliphatic hydroxyl groups is 2. The second kappa shape index (κ2) is 70.3. The highest BCUT2D eigenvalue weighted by Gasteiger charge is 2.18. The van der Waals surface area contributed by atoms with Crippen LogP contribution in [0.3, 0.4) is 0 Å². The molecule has 3 N–H and O–H groups in total. The Morgan fingerprint density at radius 2 is 0.617 bits per heavy atom. The van der Waals surface area contributed by atoms with Crippen LogP contribution in [-0.2, 0) is 14.3 Å². The molecule has 81 heavy (non-hydrogen) atoms. The average molecular weight is 1140 g/mol. The maximum absolute atomic E-state index is 12.5. The number of rotatable bonds is 68. The number of unbranched alkanes of at least 4 members (excludes halogenated alkanes) is 51. The summed E-state index contributed by atoms with van der Waals surface area (Å²) in [4.78, 5) is 24.6. The van der Waals surface area contributed by atoms with Crippen LogP contribution < -0.4 is 5.32 Å². The van der Waals surface area contributed by atoms with Crippen molar-refractivity contribution in [1.82, 2.24) is 5.32 Å². The molecule has 0 aromatic heterocycles. The quantitative estimate of drug-likeness (QED) is 0.0320. The van der Waals surface area contributed by atoms with Gasteiger partial charge in [0.1, 0.15) is 0 Å². The lowest BCUT2D eigenvalue weighted by Gasteiger charge is -2.20. The van der Waals surface area contributed by atoms with Gasteiger partial charge in [-0.3, -0.25) is 9.59 Å². The van der Waals surface area contributed by atoms with Crippen molar-refractivity contribution in [3.05, 3.63) is 48.6 Å². The Labute approximate surface area is 506 Å². The lowest BCUT2D eigenvalue weighted by molar-refractivity contribution is -0.143. The highest BCUT2D eigenvalue weighted by atomic mass is 16.5. The number of esters is 1. The van der Waals surface area contributed by atoms with E-state index in [0.717, 1.165) is 51.4 Å². The number of nitrogens with one attached hydrogen (secondary N) is 1. The van der Waals surface area contributed by atoms with Gasteiger partial charge < -0.3 is 20.3 Å². The fourth-order valence-corrected chi connectivity index (χ4v) is 11.3. The second-order valence-electron chi connectivity index (χ2n) is 24.9. The van der Waals surface area contributed by atoms with Crippen LogP contribution in [0, 0.1) is 0 Å². The van der Waals surface area contributed by atoms with Crippen LogP contribution in [0.25, 0.3) is 0 Å². The van der Waals surface area contributed by atoms with Gasteiger partial charge in [0, 0.05) is 12.8 Å². The molecule has 6 heteroatoms. The fourth-order valence-electron chi connectivity index (χ4n) is 11.3. The molecular weight excluding hydrogens is 995 g/mol. The summed E-state index contributed by atoms with van der Waals surface area (Å²) in [5, 5.41) is 23.2. The molecule has 0 fully saturated rings. The zero-order valence-corrected chi connectivity index (χ0v) is 54.5. The molecule has 0 saturated heterocycles. The Kier molecular flexibility index (Phi) is 68.4. The lowest BCUT2D eigenvalue weighted by atomic mass is 10.0. The summed E-state index contributed by atoms with van der Waals surface area (Å²) in [6.07, 6.45) is 92.0. The minimum atomic E-state index is -0.844. The summed E-state index contributed by atoms with van der Waals surface area (Å²) >= 11 is 0. The van der Waals surface area contributed by atoms with Gasteiger partial charge in [0.15, 0.2) is 0 Å². The maximum Gasteiger partial charge on any atom is 0.305 e. The van der Waals surface area contributed by atoms with E-state index in [1.807, 2.05) is 6.08 Å². The first-order valence-corrected chi connectivity index (χ1v) is 36.4. The van der Waals surface area contributed by atoms with E-state index in [1.54, 1.807) is 6.08 Å². The summed E-state index contributed by atoms with van der Waals surface area (Å²) in [6, 6.07) is -0.628. The Morgan fingerprint density at radius 1 is 0.346 bits per heavy atom. The van der Waals surface area contributed by atoms with E-state index < -0.39 is 12.1 Å². The smallest absolute Gasteiger partial charge is 0.305 e. The molecule has 0 heterocycles. The summed E-state index contributed by atoms with van der Waals surface area (Å²) < 4.78 is 5.50. The molecule has 0 aliphatic rings. The third-order valence-corrected chi connectivity index (χ3v) is 16.8. The van der Waals surface area contributed by atoms with Crippen LogP contribution in [0.15, 0.2) is 48.6 Å². The van der Waals surface area contributed by atoms with Crippen molar-refractivity contribution in [2.45, 2.75) is 405 Å². The molecule has 0 bridgehead atoms. The van der Waals surface area contributed by atoms with E-state index in [2.05, 4.69) is 55.6 Å². The van der Waals surface area contributed by atoms with Crippen molar-refractivity contribution in [3.8, 4) is 0 Å². The normalized spacial score (nSPS) is 12.8. The average Bonchev–Trinajstić information content (AvgIpc) is 3.47. The Balaban J connectivity index is 3.40. The first-order valence-electron chi connectivity index (χ1n) is 36.4. The molecule has 0 saturated carbocycles. The SMILES string of the molecule is CCCCCCCCC/C=C\CCCCCCCCCC(=O)OCCCCCCCCCCC/C=C\C/C=C\CCCCCCCCCCCCCCCCCC(=O)NC(CO)C(O)/C=C/CCCCCCCCCCCCCCC. The van der Waals surface area contributed by atoms with Gasteiger partial charge in [-0.25, -0.2) is 0 Å². The minimum Gasteiger partial charge on any atom is -0.466 e. The number of ether oxygens (including phenoxy) is 1. The van der Waals surface area contributed by atoms with Crippen molar-refractivity contribution < 1.29 is 24.5 Å². The molecule has 0 aromatic rings. The largest absolute Gasteiger partial charge is 0.466 e. The summed E-state index contributed by atoms with van der Waals surface area (Å²) in [7, 11) is 0. The molecule has 1 amide bonds. The highest BCUT2D eigenvalue weighted by molar-refractivity contribution is 5.76. The topological polar surface area (TPSA) is 95.9 Å². The van der Waals surface area contributed by atoms with Gasteiger partial charge in [0.2, 0.25) is 5.91 Å². The molecule has 6 nitrogen and oxygen atoms in total.